The van der Waals surface area contributed by atoms with Crippen molar-refractivity contribution < 1.29 is 4.74 Å². The maximum absolute atomic E-state index is 5.99. The third-order valence-corrected chi connectivity index (χ3v) is 5.70. The molecule has 0 atom stereocenters. The van der Waals surface area contributed by atoms with Gasteiger partial charge in [-0.2, -0.15) is 0 Å². The number of halogens is 1. The SMILES string of the molecule is Cc1cccc(-n2c(SCc3ccc(Cl)cc3)nnc2N2CCOCC2)c1. The van der Waals surface area contributed by atoms with Gasteiger partial charge in [0.15, 0.2) is 5.16 Å². The van der Waals surface area contributed by atoms with Crippen molar-refractivity contribution in [3.05, 3.63) is 64.7 Å². The van der Waals surface area contributed by atoms with E-state index in [9.17, 15) is 0 Å². The first kappa shape index (κ1) is 18.3. The van der Waals surface area contributed by atoms with E-state index in [0.29, 0.717) is 13.2 Å². The largest absolute Gasteiger partial charge is 0.378 e. The number of thioether (sulfide) groups is 1. The van der Waals surface area contributed by atoms with Crippen molar-refractivity contribution in [3.63, 3.8) is 0 Å². The minimum atomic E-state index is 0.716. The van der Waals surface area contributed by atoms with Crippen LogP contribution in [0.5, 0.6) is 0 Å². The van der Waals surface area contributed by atoms with Crippen LogP contribution in [0, 0.1) is 6.92 Å². The smallest absolute Gasteiger partial charge is 0.232 e. The van der Waals surface area contributed by atoms with E-state index in [0.717, 1.165) is 40.7 Å². The Bertz CT molecular complexity index is 907. The average molecular weight is 401 g/mol. The molecule has 1 saturated heterocycles. The van der Waals surface area contributed by atoms with Crippen LogP contribution in [0.1, 0.15) is 11.1 Å². The zero-order valence-corrected chi connectivity index (χ0v) is 16.7. The van der Waals surface area contributed by atoms with Gasteiger partial charge in [-0.15, -0.1) is 10.2 Å². The number of anilines is 1. The van der Waals surface area contributed by atoms with Gasteiger partial charge in [0.2, 0.25) is 5.95 Å². The molecular formula is C20H21ClN4OS. The summed E-state index contributed by atoms with van der Waals surface area (Å²) < 4.78 is 7.64. The number of rotatable bonds is 5. The summed E-state index contributed by atoms with van der Waals surface area (Å²) in [6, 6.07) is 16.4. The molecule has 1 aromatic heterocycles. The molecule has 1 aliphatic rings. The second-order valence-electron chi connectivity index (χ2n) is 6.47. The predicted octanol–water partition coefficient (Wildman–Crippen LogP) is 4.36. The molecule has 0 bridgehead atoms. The van der Waals surface area contributed by atoms with Crippen molar-refractivity contribution in [1.29, 1.82) is 0 Å². The van der Waals surface area contributed by atoms with Gasteiger partial charge in [0.05, 0.1) is 18.9 Å². The molecule has 0 aliphatic carbocycles. The molecule has 0 spiro atoms. The third-order valence-electron chi connectivity index (χ3n) is 4.45. The van der Waals surface area contributed by atoms with Crippen LogP contribution in [0.4, 0.5) is 5.95 Å². The van der Waals surface area contributed by atoms with Gasteiger partial charge in [-0.25, -0.2) is 0 Å². The van der Waals surface area contributed by atoms with Crippen molar-refractivity contribution in [2.45, 2.75) is 17.8 Å². The predicted molar refractivity (Wildman–Crippen MR) is 110 cm³/mol. The van der Waals surface area contributed by atoms with Gasteiger partial charge >= 0.3 is 0 Å². The Balaban J connectivity index is 1.65. The van der Waals surface area contributed by atoms with E-state index in [1.54, 1.807) is 11.8 Å². The topological polar surface area (TPSA) is 43.2 Å². The summed E-state index contributed by atoms with van der Waals surface area (Å²) in [5.74, 6) is 1.69. The maximum atomic E-state index is 5.99. The monoisotopic (exact) mass is 400 g/mol. The number of ether oxygens (including phenoxy) is 1. The number of hydrogen-bond acceptors (Lipinski definition) is 5. The Morgan fingerprint density at radius 1 is 1.07 bits per heavy atom. The highest BCUT2D eigenvalue weighted by Crippen LogP contribution is 2.29. The Labute approximate surface area is 168 Å². The van der Waals surface area contributed by atoms with E-state index in [-0.39, 0.29) is 0 Å². The summed E-state index contributed by atoms with van der Waals surface area (Å²) in [4.78, 5) is 2.24. The van der Waals surface area contributed by atoms with Crippen LogP contribution in [0.2, 0.25) is 5.02 Å². The molecule has 4 rings (SSSR count). The third kappa shape index (κ3) is 4.29. The van der Waals surface area contributed by atoms with E-state index in [1.165, 1.54) is 11.1 Å². The van der Waals surface area contributed by atoms with Crippen molar-refractivity contribution in [2.75, 3.05) is 31.2 Å². The van der Waals surface area contributed by atoms with Crippen LogP contribution in [-0.4, -0.2) is 41.1 Å². The van der Waals surface area contributed by atoms with E-state index in [2.05, 4.69) is 50.9 Å². The molecule has 3 aromatic rings. The second-order valence-corrected chi connectivity index (χ2v) is 7.85. The number of benzene rings is 2. The van der Waals surface area contributed by atoms with E-state index in [1.807, 2.05) is 24.3 Å². The molecule has 0 radical (unpaired) electrons. The Morgan fingerprint density at radius 2 is 1.85 bits per heavy atom. The fourth-order valence-electron chi connectivity index (χ4n) is 3.05. The lowest BCUT2D eigenvalue weighted by molar-refractivity contribution is 0.122. The minimum absolute atomic E-state index is 0.716. The molecular weight excluding hydrogens is 380 g/mol. The molecule has 27 heavy (non-hydrogen) atoms. The molecule has 2 heterocycles. The standard InChI is InChI=1S/C20H21ClN4OS/c1-15-3-2-4-18(13-15)25-19(24-9-11-26-12-10-24)22-23-20(25)27-14-16-5-7-17(21)8-6-16/h2-8,13H,9-12,14H2,1H3. The number of morpholine rings is 1. The molecule has 1 fully saturated rings. The number of hydrogen-bond donors (Lipinski definition) is 0. The number of aryl methyl sites for hydroxylation is 1. The second kappa shape index (κ2) is 8.33. The van der Waals surface area contributed by atoms with Crippen LogP contribution in [0.15, 0.2) is 53.7 Å². The Kier molecular flexibility index (Phi) is 5.66. The Morgan fingerprint density at radius 3 is 2.59 bits per heavy atom. The molecule has 0 saturated carbocycles. The van der Waals surface area contributed by atoms with Crippen molar-refractivity contribution >= 4 is 29.3 Å². The van der Waals surface area contributed by atoms with Gasteiger partial charge in [0.1, 0.15) is 0 Å². The van der Waals surface area contributed by atoms with Crippen LogP contribution < -0.4 is 4.90 Å². The highest BCUT2D eigenvalue weighted by molar-refractivity contribution is 7.98. The van der Waals surface area contributed by atoms with E-state index >= 15 is 0 Å². The highest BCUT2D eigenvalue weighted by atomic mass is 35.5. The minimum Gasteiger partial charge on any atom is -0.378 e. The van der Waals surface area contributed by atoms with Gasteiger partial charge in [-0.1, -0.05) is 47.6 Å². The molecule has 7 heteroatoms. The van der Waals surface area contributed by atoms with Crippen molar-refractivity contribution in [1.82, 2.24) is 14.8 Å². The normalized spacial score (nSPS) is 14.5. The Hall–Kier alpha value is -2.02. The van der Waals surface area contributed by atoms with E-state index in [4.69, 9.17) is 16.3 Å². The highest BCUT2D eigenvalue weighted by Gasteiger charge is 2.21. The van der Waals surface area contributed by atoms with Crippen molar-refractivity contribution in [3.8, 4) is 5.69 Å². The zero-order chi connectivity index (χ0) is 18.6. The quantitative estimate of drug-likeness (QED) is 0.595. The van der Waals surface area contributed by atoms with Gasteiger partial charge in [0, 0.05) is 23.9 Å². The lowest BCUT2D eigenvalue weighted by atomic mass is 10.2. The fraction of sp³-hybridized carbons (Fsp3) is 0.300. The first-order valence-corrected chi connectivity index (χ1v) is 10.3. The molecule has 1 aliphatic heterocycles. The van der Waals surface area contributed by atoms with Crippen LogP contribution in [0.25, 0.3) is 5.69 Å². The average Bonchev–Trinajstić information content (AvgIpc) is 3.12. The summed E-state index contributed by atoms with van der Waals surface area (Å²) in [5, 5.41) is 10.6. The lowest BCUT2D eigenvalue weighted by Crippen LogP contribution is -2.37. The van der Waals surface area contributed by atoms with Crippen LogP contribution in [0.3, 0.4) is 0 Å². The molecule has 5 nitrogen and oxygen atoms in total. The first-order chi connectivity index (χ1) is 13.2. The zero-order valence-electron chi connectivity index (χ0n) is 15.1. The van der Waals surface area contributed by atoms with Gasteiger partial charge in [0.25, 0.3) is 0 Å². The summed E-state index contributed by atoms with van der Waals surface area (Å²) in [7, 11) is 0. The summed E-state index contributed by atoms with van der Waals surface area (Å²) in [5.41, 5.74) is 3.50. The van der Waals surface area contributed by atoms with Crippen LogP contribution in [-0.2, 0) is 10.5 Å². The van der Waals surface area contributed by atoms with Crippen LogP contribution >= 0.6 is 23.4 Å². The molecule has 140 valence electrons. The lowest BCUT2D eigenvalue weighted by Gasteiger charge is -2.28. The first-order valence-electron chi connectivity index (χ1n) is 8.93. The summed E-state index contributed by atoms with van der Waals surface area (Å²) >= 11 is 7.67. The molecule has 2 aromatic carbocycles. The summed E-state index contributed by atoms with van der Waals surface area (Å²) in [6.07, 6.45) is 0. The van der Waals surface area contributed by atoms with Gasteiger partial charge in [-0.05, 0) is 42.3 Å². The molecule has 0 N–H and O–H groups in total. The van der Waals surface area contributed by atoms with E-state index < -0.39 is 0 Å². The number of aromatic nitrogens is 3. The summed E-state index contributed by atoms with van der Waals surface area (Å²) in [6.45, 7) is 5.18. The number of nitrogens with zero attached hydrogens (tertiary/aromatic N) is 4. The molecule has 0 unspecified atom stereocenters. The van der Waals surface area contributed by atoms with Gasteiger partial charge in [-0.3, -0.25) is 4.57 Å². The van der Waals surface area contributed by atoms with Crippen molar-refractivity contribution in [2.24, 2.45) is 0 Å². The van der Waals surface area contributed by atoms with Gasteiger partial charge < -0.3 is 9.64 Å². The fourth-order valence-corrected chi connectivity index (χ4v) is 4.07. The molecule has 0 amide bonds. The maximum Gasteiger partial charge on any atom is 0.232 e.